The van der Waals surface area contributed by atoms with Crippen molar-refractivity contribution in [1.82, 2.24) is 0 Å². The van der Waals surface area contributed by atoms with E-state index in [1.54, 1.807) is 0 Å². The summed E-state index contributed by atoms with van der Waals surface area (Å²) >= 11 is 0. The molecule has 0 aromatic rings. The maximum absolute atomic E-state index is 11.2. The normalized spacial score (nSPS) is 10.8. The van der Waals surface area contributed by atoms with Crippen LogP contribution in [0.1, 0.15) is 13.3 Å². The molecular formula is C10H12O6. The van der Waals surface area contributed by atoms with Gasteiger partial charge in [0.05, 0.1) is 18.9 Å². The zero-order chi connectivity index (χ0) is 12.6. The average Bonchev–Trinajstić information content (AvgIpc) is 2.16. The van der Waals surface area contributed by atoms with Crippen molar-refractivity contribution < 1.29 is 28.6 Å². The predicted octanol–water partition coefficient (Wildman–Crippen LogP) is 0.682. The number of hydrogen-bond donors (Lipinski definition) is 0. The molecule has 0 aliphatic carbocycles. The van der Waals surface area contributed by atoms with Crippen molar-refractivity contribution in [3.05, 3.63) is 25.7 Å². The third-order valence-electron chi connectivity index (χ3n) is 1.34. The Morgan fingerprint density at radius 2 is 1.75 bits per heavy atom. The van der Waals surface area contributed by atoms with E-state index < -0.39 is 30.4 Å². The van der Waals surface area contributed by atoms with Crippen LogP contribution >= 0.6 is 0 Å². The van der Waals surface area contributed by atoms with E-state index in [-0.39, 0.29) is 0 Å². The fourth-order valence-corrected chi connectivity index (χ4v) is 0.824. The van der Waals surface area contributed by atoms with Crippen LogP contribution in [0.15, 0.2) is 25.7 Å². The summed E-state index contributed by atoms with van der Waals surface area (Å²) < 4.78 is 13.4. The summed E-state index contributed by atoms with van der Waals surface area (Å²) in [4.78, 5) is 32.9. The quantitative estimate of drug-likeness (QED) is 0.378. The van der Waals surface area contributed by atoms with Gasteiger partial charge in [-0.15, -0.1) is 0 Å². The Morgan fingerprint density at radius 1 is 1.19 bits per heavy atom. The van der Waals surface area contributed by atoms with E-state index in [0.717, 1.165) is 19.4 Å². The number of carbonyl (C=O) groups excluding carboxylic acids is 3. The summed E-state index contributed by atoms with van der Waals surface area (Å²) in [5.41, 5.74) is 0. The first-order valence-electron chi connectivity index (χ1n) is 4.30. The number of ether oxygens (including phenoxy) is 3. The molecule has 1 unspecified atom stereocenters. The van der Waals surface area contributed by atoms with Crippen LogP contribution in [0.3, 0.4) is 0 Å². The van der Waals surface area contributed by atoms with Crippen LogP contribution in [0.5, 0.6) is 0 Å². The van der Waals surface area contributed by atoms with Gasteiger partial charge in [-0.05, 0) is 0 Å². The van der Waals surface area contributed by atoms with E-state index in [4.69, 9.17) is 0 Å². The van der Waals surface area contributed by atoms with E-state index in [1.807, 2.05) is 0 Å². The summed E-state index contributed by atoms with van der Waals surface area (Å²) in [5, 5.41) is 0. The predicted molar refractivity (Wildman–Crippen MR) is 52.7 cm³/mol. The monoisotopic (exact) mass is 228 g/mol. The molecule has 0 fully saturated rings. The second-order valence-corrected chi connectivity index (χ2v) is 2.56. The first-order chi connectivity index (χ1) is 7.51. The number of hydrogen-bond acceptors (Lipinski definition) is 6. The van der Waals surface area contributed by atoms with Gasteiger partial charge in [0.25, 0.3) is 0 Å². The molecule has 0 bridgehead atoms. The standard InChI is InChI=1S/C10H12O6/c1-4-14-9(12)6-8(16-7(3)11)10(13)15-5-2/h4-5,8H,1-2,6H2,3H3. The molecule has 0 aliphatic heterocycles. The Labute approximate surface area is 92.5 Å². The molecule has 0 N–H and O–H groups in total. The van der Waals surface area contributed by atoms with Gasteiger partial charge in [0.2, 0.25) is 6.10 Å². The molecule has 0 aromatic heterocycles. The van der Waals surface area contributed by atoms with Crippen LogP contribution < -0.4 is 0 Å². The first kappa shape index (κ1) is 13.9. The Hall–Kier alpha value is -2.11. The molecule has 0 spiro atoms. The van der Waals surface area contributed by atoms with E-state index in [9.17, 15) is 14.4 Å². The number of esters is 3. The summed E-state index contributed by atoms with van der Waals surface area (Å²) in [5.74, 6) is -2.37. The van der Waals surface area contributed by atoms with Gasteiger partial charge in [-0.25, -0.2) is 4.79 Å². The molecule has 6 heteroatoms. The third-order valence-corrected chi connectivity index (χ3v) is 1.34. The fourth-order valence-electron chi connectivity index (χ4n) is 0.824. The van der Waals surface area contributed by atoms with Gasteiger partial charge in [0.15, 0.2) is 0 Å². The first-order valence-corrected chi connectivity index (χ1v) is 4.30. The largest absolute Gasteiger partial charge is 0.450 e. The highest BCUT2D eigenvalue weighted by atomic mass is 16.6. The van der Waals surface area contributed by atoms with Crippen LogP contribution in [0.25, 0.3) is 0 Å². The van der Waals surface area contributed by atoms with Gasteiger partial charge < -0.3 is 14.2 Å². The Bertz CT molecular complexity index is 306. The van der Waals surface area contributed by atoms with E-state index >= 15 is 0 Å². The minimum Gasteiger partial charge on any atom is -0.450 e. The molecule has 0 aromatic carbocycles. The van der Waals surface area contributed by atoms with Gasteiger partial charge in [0.1, 0.15) is 0 Å². The molecule has 88 valence electrons. The van der Waals surface area contributed by atoms with Crippen molar-refractivity contribution in [3.63, 3.8) is 0 Å². The van der Waals surface area contributed by atoms with Crippen LogP contribution in [0.4, 0.5) is 0 Å². The van der Waals surface area contributed by atoms with Crippen molar-refractivity contribution in [1.29, 1.82) is 0 Å². The zero-order valence-corrected chi connectivity index (χ0v) is 8.80. The average molecular weight is 228 g/mol. The second kappa shape index (κ2) is 7.22. The topological polar surface area (TPSA) is 78.9 Å². The Kier molecular flexibility index (Phi) is 6.27. The molecule has 16 heavy (non-hydrogen) atoms. The minimum absolute atomic E-state index is 0.446. The maximum Gasteiger partial charge on any atom is 0.352 e. The second-order valence-electron chi connectivity index (χ2n) is 2.56. The van der Waals surface area contributed by atoms with Gasteiger partial charge in [0, 0.05) is 6.92 Å². The molecule has 0 radical (unpaired) electrons. The van der Waals surface area contributed by atoms with Crippen molar-refractivity contribution in [2.75, 3.05) is 0 Å². The summed E-state index contributed by atoms with van der Waals surface area (Å²) in [6.07, 6.45) is -0.00924. The summed E-state index contributed by atoms with van der Waals surface area (Å²) in [6, 6.07) is 0. The molecule has 0 amide bonds. The van der Waals surface area contributed by atoms with Crippen LogP contribution in [-0.2, 0) is 28.6 Å². The molecule has 1 atom stereocenters. The zero-order valence-electron chi connectivity index (χ0n) is 8.80. The van der Waals surface area contributed by atoms with Crippen LogP contribution in [0.2, 0.25) is 0 Å². The molecule has 0 saturated heterocycles. The number of rotatable bonds is 6. The lowest BCUT2D eigenvalue weighted by Crippen LogP contribution is -2.30. The van der Waals surface area contributed by atoms with Crippen LogP contribution in [-0.4, -0.2) is 24.0 Å². The molecule has 0 aliphatic rings. The summed E-state index contributed by atoms with van der Waals surface area (Å²) in [7, 11) is 0. The summed E-state index contributed by atoms with van der Waals surface area (Å²) in [6.45, 7) is 7.43. The van der Waals surface area contributed by atoms with E-state index in [1.165, 1.54) is 0 Å². The van der Waals surface area contributed by atoms with E-state index in [0.29, 0.717) is 0 Å². The third kappa shape index (κ3) is 5.58. The lowest BCUT2D eigenvalue weighted by Gasteiger charge is -2.12. The highest BCUT2D eigenvalue weighted by Crippen LogP contribution is 2.04. The van der Waals surface area contributed by atoms with Crippen molar-refractivity contribution in [2.45, 2.75) is 19.4 Å². The molecule has 6 nitrogen and oxygen atoms in total. The molecule has 0 rings (SSSR count). The Morgan fingerprint density at radius 3 is 2.19 bits per heavy atom. The smallest absolute Gasteiger partial charge is 0.352 e. The van der Waals surface area contributed by atoms with Crippen LogP contribution in [0, 0.1) is 0 Å². The van der Waals surface area contributed by atoms with Gasteiger partial charge >= 0.3 is 17.9 Å². The van der Waals surface area contributed by atoms with Crippen molar-refractivity contribution in [3.8, 4) is 0 Å². The fraction of sp³-hybridized carbons (Fsp3) is 0.300. The van der Waals surface area contributed by atoms with Crippen molar-refractivity contribution in [2.24, 2.45) is 0 Å². The lowest BCUT2D eigenvalue weighted by molar-refractivity contribution is -0.166. The molecular weight excluding hydrogens is 216 g/mol. The molecule has 0 heterocycles. The maximum atomic E-state index is 11.2. The minimum atomic E-state index is -1.34. The Balaban J connectivity index is 4.46. The lowest BCUT2D eigenvalue weighted by atomic mass is 10.2. The van der Waals surface area contributed by atoms with Crippen molar-refractivity contribution >= 4 is 17.9 Å². The van der Waals surface area contributed by atoms with Gasteiger partial charge in [-0.1, -0.05) is 13.2 Å². The number of carbonyl (C=O) groups is 3. The SMILES string of the molecule is C=COC(=O)CC(OC(C)=O)C(=O)OC=C. The van der Waals surface area contributed by atoms with E-state index in [2.05, 4.69) is 27.4 Å². The van der Waals surface area contributed by atoms with Gasteiger partial charge in [-0.3, -0.25) is 9.59 Å². The molecule has 0 saturated carbocycles. The highest BCUT2D eigenvalue weighted by Gasteiger charge is 2.26. The van der Waals surface area contributed by atoms with Gasteiger partial charge in [-0.2, -0.15) is 0 Å². The highest BCUT2D eigenvalue weighted by molar-refractivity contribution is 5.84.